The Morgan fingerprint density at radius 1 is 1.21 bits per heavy atom. The highest BCUT2D eigenvalue weighted by molar-refractivity contribution is 5.53. The van der Waals surface area contributed by atoms with E-state index >= 15 is 0 Å². The lowest BCUT2D eigenvalue weighted by Crippen LogP contribution is -2.15. The molecule has 19 heavy (non-hydrogen) atoms. The van der Waals surface area contributed by atoms with Gasteiger partial charge in [0.25, 0.3) is 0 Å². The first-order valence-corrected chi connectivity index (χ1v) is 6.65. The van der Waals surface area contributed by atoms with E-state index in [4.69, 9.17) is 0 Å². The maximum atomic E-state index is 10.3. The van der Waals surface area contributed by atoms with E-state index < -0.39 is 6.10 Å². The van der Waals surface area contributed by atoms with Crippen LogP contribution in [-0.2, 0) is 0 Å². The number of nitrogens with one attached hydrogen (secondary N) is 1. The van der Waals surface area contributed by atoms with Crippen LogP contribution in [0.5, 0.6) is 0 Å². The van der Waals surface area contributed by atoms with Gasteiger partial charge in [0, 0.05) is 5.56 Å². The van der Waals surface area contributed by atoms with E-state index in [1.807, 2.05) is 30.3 Å². The second-order valence-electron chi connectivity index (χ2n) is 4.90. The molecule has 1 aliphatic carbocycles. The molecule has 0 unspecified atom stereocenters. The van der Waals surface area contributed by atoms with Crippen molar-refractivity contribution in [3.05, 3.63) is 48.3 Å². The highest BCUT2D eigenvalue weighted by atomic mass is 16.3. The van der Waals surface area contributed by atoms with Crippen molar-refractivity contribution in [3.8, 4) is 11.4 Å². The maximum Gasteiger partial charge on any atom is 0.181 e. The largest absolute Gasteiger partial charge is 0.385 e. The Hall–Kier alpha value is -1.94. The zero-order valence-corrected chi connectivity index (χ0v) is 10.7. The van der Waals surface area contributed by atoms with Gasteiger partial charge in [0.1, 0.15) is 6.10 Å². The van der Waals surface area contributed by atoms with Crippen molar-refractivity contribution < 1.29 is 5.11 Å². The fraction of sp³-hybridized carbons (Fsp3) is 0.333. The smallest absolute Gasteiger partial charge is 0.181 e. The van der Waals surface area contributed by atoms with Gasteiger partial charge in [0.2, 0.25) is 0 Å². The Balaban J connectivity index is 1.79. The molecular weight excluding hydrogens is 238 g/mol. The molecule has 2 N–H and O–H groups in total. The summed E-state index contributed by atoms with van der Waals surface area (Å²) in [5.41, 5.74) is 0.959. The van der Waals surface area contributed by atoms with Crippen LogP contribution in [0.3, 0.4) is 0 Å². The normalized spacial score (nSPS) is 20.4. The number of allylic oxidation sites excluding steroid dienone is 2. The number of benzene rings is 1. The van der Waals surface area contributed by atoms with Crippen molar-refractivity contribution in [1.82, 2.24) is 15.2 Å². The van der Waals surface area contributed by atoms with E-state index in [1.165, 1.54) is 0 Å². The van der Waals surface area contributed by atoms with E-state index in [1.54, 1.807) is 0 Å². The number of nitrogens with zero attached hydrogens (tertiary/aromatic N) is 2. The fourth-order valence-corrected chi connectivity index (χ4v) is 2.45. The Labute approximate surface area is 112 Å². The summed E-state index contributed by atoms with van der Waals surface area (Å²) in [7, 11) is 0. The first kappa shape index (κ1) is 12.1. The van der Waals surface area contributed by atoms with E-state index in [-0.39, 0.29) is 5.92 Å². The summed E-state index contributed by atoms with van der Waals surface area (Å²) in [6, 6.07) is 9.78. The third kappa shape index (κ3) is 2.58. The van der Waals surface area contributed by atoms with Gasteiger partial charge in [-0.1, -0.05) is 42.5 Å². The van der Waals surface area contributed by atoms with Gasteiger partial charge < -0.3 is 5.11 Å². The third-order valence-electron chi connectivity index (χ3n) is 3.57. The summed E-state index contributed by atoms with van der Waals surface area (Å²) in [4.78, 5) is 4.41. The number of aliphatic hydroxyl groups is 1. The van der Waals surface area contributed by atoms with Crippen molar-refractivity contribution >= 4 is 0 Å². The molecule has 1 heterocycles. The first-order chi connectivity index (χ1) is 9.34. The molecule has 3 rings (SSSR count). The number of aromatic nitrogens is 3. The molecule has 1 aliphatic rings. The van der Waals surface area contributed by atoms with E-state index in [2.05, 4.69) is 27.3 Å². The van der Waals surface area contributed by atoms with Gasteiger partial charge in [-0.05, 0) is 25.2 Å². The number of aliphatic hydroxyl groups excluding tert-OH is 1. The molecule has 0 fully saturated rings. The average Bonchev–Trinajstić information content (AvgIpc) is 2.98. The molecule has 0 spiro atoms. The molecule has 4 nitrogen and oxygen atoms in total. The summed E-state index contributed by atoms with van der Waals surface area (Å²) in [6.07, 6.45) is 6.67. The molecule has 98 valence electrons. The van der Waals surface area contributed by atoms with Crippen LogP contribution in [0.1, 0.15) is 31.2 Å². The molecule has 2 aromatic rings. The molecule has 0 bridgehead atoms. The molecule has 0 aliphatic heterocycles. The molecule has 0 amide bonds. The lowest BCUT2D eigenvalue weighted by atomic mass is 9.89. The van der Waals surface area contributed by atoms with Crippen molar-refractivity contribution in [1.29, 1.82) is 0 Å². The van der Waals surface area contributed by atoms with Gasteiger partial charge in [-0.15, -0.1) is 0 Å². The predicted molar refractivity (Wildman–Crippen MR) is 73.3 cm³/mol. The van der Waals surface area contributed by atoms with Crippen LogP contribution < -0.4 is 0 Å². The van der Waals surface area contributed by atoms with Crippen LogP contribution in [0.2, 0.25) is 0 Å². The first-order valence-electron chi connectivity index (χ1n) is 6.65. The summed E-state index contributed by atoms with van der Waals surface area (Å²) >= 11 is 0. The van der Waals surface area contributed by atoms with Gasteiger partial charge in [-0.3, -0.25) is 5.10 Å². The minimum absolute atomic E-state index is 0.238. The predicted octanol–water partition coefficient (Wildman–Crippen LogP) is 2.86. The highest BCUT2D eigenvalue weighted by Crippen LogP contribution is 2.30. The van der Waals surface area contributed by atoms with Crippen molar-refractivity contribution in [2.24, 2.45) is 5.92 Å². The Morgan fingerprint density at radius 2 is 2.05 bits per heavy atom. The topological polar surface area (TPSA) is 61.8 Å². The number of hydrogen-bond donors (Lipinski definition) is 2. The number of rotatable bonds is 3. The second kappa shape index (κ2) is 5.36. The molecule has 1 aromatic heterocycles. The summed E-state index contributed by atoms with van der Waals surface area (Å²) in [6.45, 7) is 0. The molecule has 1 aromatic carbocycles. The van der Waals surface area contributed by atoms with Crippen LogP contribution in [0.25, 0.3) is 11.4 Å². The molecular formula is C15H17N3O. The van der Waals surface area contributed by atoms with Crippen LogP contribution in [0.4, 0.5) is 0 Å². The van der Waals surface area contributed by atoms with Gasteiger partial charge in [-0.25, -0.2) is 4.98 Å². The third-order valence-corrected chi connectivity index (χ3v) is 3.57. The SMILES string of the molecule is O[C@H](c1nc(-c2ccccc2)n[nH]1)[C@H]1CC=CCC1. The zero-order valence-electron chi connectivity index (χ0n) is 10.7. The van der Waals surface area contributed by atoms with Crippen molar-refractivity contribution in [2.45, 2.75) is 25.4 Å². The lowest BCUT2D eigenvalue weighted by molar-refractivity contribution is 0.0944. The number of hydrogen-bond acceptors (Lipinski definition) is 3. The standard InChI is InChI=1S/C15H17N3O/c19-13(11-7-3-1-4-8-11)15-16-14(17-18-15)12-9-5-2-6-10-12/h1-3,5-6,9-11,13,19H,4,7-8H2,(H,16,17,18)/t11-,13-/m0/s1. The molecule has 0 saturated carbocycles. The Morgan fingerprint density at radius 3 is 2.79 bits per heavy atom. The maximum absolute atomic E-state index is 10.3. The van der Waals surface area contributed by atoms with Gasteiger partial charge in [0.15, 0.2) is 11.6 Å². The average molecular weight is 255 g/mol. The molecule has 0 radical (unpaired) electrons. The van der Waals surface area contributed by atoms with Crippen LogP contribution in [0.15, 0.2) is 42.5 Å². The van der Waals surface area contributed by atoms with Gasteiger partial charge in [-0.2, -0.15) is 5.10 Å². The minimum Gasteiger partial charge on any atom is -0.385 e. The Kier molecular flexibility index (Phi) is 3.42. The lowest BCUT2D eigenvalue weighted by Gasteiger charge is -2.21. The van der Waals surface area contributed by atoms with Crippen LogP contribution >= 0.6 is 0 Å². The summed E-state index contributed by atoms with van der Waals surface area (Å²) in [5, 5.41) is 17.4. The number of H-pyrrole nitrogens is 1. The second-order valence-corrected chi connectivity index (χ2v) is 4.90. The quantitative estimate of drug-likeness (QED) is 0.829. The summed E-state index contributed by atoms with van der Waals surface area (Å²) < 4.78 is 0. The number of aromatic amines is 1. The van der Waals surface area contributed by atoms with E-state index in [9.17, 15) is 5.11 Å². The molecule has 2 atom stereocenters. The van der Waals surface area contributed by atoms with Crippen molar-refractivity contribution in [2.75, 3.05) is 0 Å². The zero-order chi connectivity index (χ0) is 13.1. The molecule has 4 heteroatoms. The monoisotopic (exact) mass is 255 g/mol. The van der Waals surface area contributed by atoms with E-state index in [0.29, 0.717) is 11.6 Å². The fourth-order valence-electron chi connectivity index (χ4n) is 2.45. The van der Waals surface area contributed by atoms with Gasteiger partial charge in [0.05, 0.1) is 0 Å². The molecule has 0 saturated heterocycles. The minimum atomic E-state index is -0.560. The van der Waals surface area contributed by atoms with Crippen LogP contribution in [0, 0.1) is 5.92 Å². The van der Waals surface area contributed by atoms with Crippen LogP contribution in [-0.4, -0.2) is 20.3 Å². The van der Waals surface area contributed by atoms with E-state index in [0.717, 1.165) is 24.8 Å². The van der Waals surface area contributed by atoms with Crippen molar-refractivity contribution in [3.63, 3.8) is 0 Å². The van der Waals surface area contributed by atoms with Gasteiger partial charge >= 0.3 is 0 Å². The highest BCUT2D eigenvalue weighted by Gasteiger charge is 2.24. The Bertz CT molecular complexity index is 562. The summed E-state index contributed by atoms with van der Waals surface area (Å²) in [5.74, 6) is 1.45.